The van der Waals surface area contributed by atoms with Gasteiger partial charge in [0, 0.05) is 45.2 Å². The minimum Gasteiger partial charge on any atom is -0.374 e. The van der Waals surface area contributed by atoms with Crippen LogP contribution in [0.25, 0.3) is 10.2 Å². The maximum Gasteiger partial charge on any atom is 0.417 e. The molecule has 244 valence electrons. The number of fused-ring (bicyclic) bond motifs is 1. The largest absolute Gasteiger partial charge is 0.417 e. The molecular formula is C33H53F3N4O2S. The molecule has 0 bridgehead atoms. The number of aromatic nitrogens is 1. The van der Waals surface area contributed by atoms with Crippen molar-refractivity contribution in [3.63, 3.8) is 0 Å². The van der Waals surface area contributed by atoms with Gasteiger partial charge in [-0.1, -0.05) is 84.0 Å². The summed E-state index contributed by atoms with van der Waals surface area (Å²) in [6, 6.07) is 1.14. The van der Waals surface area contributed by atoms with E-state index >= 15 is 0 Å². The van der Waals surface area contributed by atoms with Crippen LogP contribution in [0, 0.1) is 0 Å². The van der Waals surface area contributed by atoms with Crippen LogP contribution in [0.4, 0.5) is 19.0 Å². The lowest BCUT2D eigenvalue weighted by Crippen LogP contribution is -2.49. The van der Waals surface area contributed by atoms with Crippen molar-refractivity contribution in [2.45, 2.75) is 123 Å². The van der Waals surface area contributed by atoms with Crippen molar-refractivity contribution in [1.29, 1.82) is 0 Å². The molecule has 1 amide bonds. The van der Waals surface area contributed by atoms with Crippen molar-refractivity contribution < 1.29 is 22.7 Å². The molecule has 1 N–H and O–H groups in total. The molecule has 1 unspecified atom stereocenters. The summed E-state index contributed by atoms with van der Waals surface area (Å²) in [7, 11) is 1.47. The summed E-state index contributed by atoms with van der Waals surface area (Å²) in [5.74, 6) is -0.160. The smallest absolute Gasteiger partial charge is 0.374 e. The minimum absolute atomic E-state index is 0.0000308. The lowest BCUT2D eigenvalue weighted by molar-refractivity contribution is -0.136. The summed E-state index contributed by atoms with van der Waals surface area (Å²) in [5.41, 5.74) is -0.438. The lowest BCUT2D eigenvalue weighted by Gasteiger charge is -2.37. The highest BCUT2D eigenvalue weighted by atomic mass is 32.1. The van der Waals surface area contributed by atoms with Crippen molar-refractivity contribution in [2.75, 3.05) is 44.7 Å². The molecule has 2 aromatic heterocycles. The van der Waals surface area contributed by atoms with E-state index in [-0.39, 0.29) is 33.8 Å². The Morgan fingerprint density at radius 3 is 2.09 bits per heavy atom. The summed E-state index contributed by atoms with van der Waals surface area (Å²) >= 11 is 0.911. The number of thiophene rings is 1. The Labute approximate surface area is 260 Å². The molecule has 6 nitrogen and oxygen atoms in total. The van der Waals surface area contributed by atoms with E-state index in [1.54, 1.807) is 0 Å². The zero-order valence-corrected chi connectivity index (χ0v) is 27.6. The second-order valence-electron chi connectivity index (χ2n) is 12.2. The monoisotopic (exact) mass is 626 g/mol. The summed E-state index contributed by atoms with van der Waals surface area (Å²) < 4.78 is 48.2. The van der Waals surface area contributed by atoms with Crippen LogP contribution in [-0.4, -0.2) is 67.8 Å². The molecular weight excluding hydrogens is 573 g/mol. The molecule has 1 fully saturated rings. The van der Waals surface area contributed by atoms with Crippen LogP contribution < -0.4 is 10.2 Å². The number of halogens is 3. The summed E-state index contributed by atoms with van der Waals surface area (Å²) in [6.07, 6.45) is 12.7. The van der Waals surface area contributed by atoms with Crippen LogP contribution in [0.5, 0.6) is 0 Å². The number of anilines is 1. The second-order valence-corrected chi connectivity index (χ2v) is 13.1. The molecule has 3 heterocycles. The summed E-state index contributed by atoms with van der Waals surface area (Å²) in [6.45, 7) is 9.83. The van der Waals surface area contributed by atoms with Gasteiger partial charge in [0.15, 0.2) is 0 Å². The first-order valence-corrected chi connectivity index (χ1v) is 17.4. The normalized spacial score (nSPS) is 15.5. The summed E-state index contributed by atoms with van der Waals surface area (Å²) in [5, 5.41) is 3.96. The standard InChI is InChI=1S/C33H53F3N4O2S/c1-5-6-7-8-9-10-11-12-13-14-15-16-17-26(42-25(2)3)23-39-18-20-40(21-19-39)29-22-28(33(34,35)36)31-30(38-29)27(24-43-31)32(41)37-4/h22,24-26H,5-21,23H2,1-4H3,(H,37,41). The molecule has 1 aliphatic heterocycles. The fourth-order valence-corrected chi connectivity index (χ4v) is 6.93. The Morgan fingerprint density at radius 2 is 1.56 bits per heavy atom. The predicted molar refractivity (Wildman–Crippen MR) is 172 cm³/mol. The number of unbranched alkanes of at least 4 members (excludes halogenated alkanes) is 11. The van der Waals surface area contributed by atoms with Gasteiger partial charge in [-0.15, -0.1) is 11.3 Å². The van der Waals surface area contributed by atoms with Gasteiger partial charge in [-0.25, -0.2) is 4.98 Å². The van der Waals surface area contributed by atoms with Crippen molar-refractivity contribution in [1.82, 2.24) is 15.2 Å². The molecule has 0 aliphatic carbocycles. The number of amides is 1. The van der Waals surface area contributed by atoms with Crippen molar-refractivity contribution in [3.05, 3.63) is 22.6 Å². The maximum absolute atomic E-state index is 14.0. The van der Waals surface area contributed by atoms with E-state index in [1.165, 1.54) is 83.1 Å². The Hall–Kier alpha value is -1.91. The average molecular weight is 627 g/mol. The number of nitrogens with zero attached hydrogens (tertiary/aromatic N) is 3. The van der Waals surface area contributed by atoms with Crippen LogP contribution in [0.3, 0.4) is 0 Å². The molecule has 1 atom stereocenters. The Morgan fingerprint density at radius 1 is 0.977 bits per heavy atom. The highest BCUT2D eigenvalue weighted by molar-refractivity contribution is 7.17. The topological polar surface area (TPSA) is 57.7 Å². The van der Waals surface area contributed by atoms with Crippen LogP contribution in [-0.2, 0) is 10.9 Å². The molecule has 1 aliphatic rings. The number of ether oxygens (including phenoxy) is 1. The van der Waals surface area contributed by atoms with Crippen molar-refractivity contribution in [2.24, 2.45) is 0 Å². The molecule has 0 spiro atoms. The van der Waals surface area contributed by atoms with Gasteiger partial charge in [0.05, 0.1) is 33.6 Å². The quantitative estimate of drug-likeness (QED) is 0.158. The fourth-order valence-electron chi connectivity index (χ4n) is 5.91. The lowest BCUT2D eigenvalue weighted by atomic mass is 10.0. The van der Waals surface area contributed by atoms with Gasteiger partial charge in [0.25, 0.3) is 5.91 Å². The van der Waals surface area contributed by atoms with E-state index < -0.39 is 17.6 Å². The zero-order chi connectivity index (χ0) is 31.2. The number of piperazine rings is 1. The fraction of sp³-hybridized carbons (Fsp3) is 0.758. The third kappa shape index (κ3) is 11.5. The number of carbonyl (C=O) groups excluding carboxylic acids is 1. The molecule has 3 rings (SSSR count). The van der Waals surface area contributed by atoms with Crippen molar-refractivity contribution in [3.8, 4) is 0 Å². The highest BCUT2D eigenvalue weighted by Crippen LogP contribution is 2.40. The molecule has 2 aromatic rings. The van der Waals surface area contributed by atoms with E-state index in [0.717, 1.165) is 49.9 Å². The molecule has 0 saturated carbocycles. The number of hydrogen-bond donors (Lipinski definition) is 1. The average Bonchev–Trinajstić information content (AvgIpc) is 3.40. The maximum atomic E-state index is 14.0. The van der Waals surface area contributed by atoms with Gasteiger partial charge < -0.3 is 15.0 Å². The predicted octanol–water partition coefficient (Wildman–Crippen LogP) is 8.68. The van der Waals surface area contributed by atoms with Crippen LogP contribution in [0.2, 0.25) is 0 Å². The van der Waals surface area contributed by atoms with Gasteiger partial charge in [-0.05, 0) is 26.3 Å². The van der Waals surface area contributed by atoms with Gasteiger partial charge in [0.1, 0.15) is 5.82 Å². The molecule has 10 heteroatoms. The van der Waals surface area contributed by atoms with E-state index in [2.05, 4.69) is 36.0 Å². The van der Waals surface area contributed by atoms with E-state index in [0.29, 0.717) is 13.1 Å². The number of rotatable bonds is 19. The van der Waals surface area contributed by atoms with E-state index in [4.69, 9.17) is 4.74 Å². The number of alkyl halides is 3. The minimum atomic E-state index is -4.53. The zero-order valence-electron chi connectivity index (χ0n) is 26.7. The Kier molecular flexibility index (Phi) is 15.0. The molecule has 1 saturated heterocycles. The molecule has 0 radical (unpaired) electrons. The van der Waals surface area contributed by atoms with Gasteiger partial charge in [0.2, 0.25) is 0 Å². The summed E-state index contributed by atoms with van der Waals surface area (Å²) in [4.78, 5) is 21.1. The van der Waals surface area contributed by atoms with E-state index in [1.807, 2.05) is 4.90 Å². The van der Waals surface area contributed by atoms with E-state index in [9.17, 15) is 18.0 Å². The van der Waals surface area contributed by atoms with Crippen molar-refractivity contribution >= 4 is 33.3 Å². The first kappa shape index (κ1) is 35.6. The SMILES string of the molecule is CCCCCCCCCCCCCCC(CN1CCN(c2cc(C(F)(F)F)c3scc(C(=O)NC)c3n2)CC1)OC(C)C. The van der Waals surface area contributed by atoms with Crippen LogP contribution in [0.1, 0.15) is 120 Å². The Balaban J connectivity index is 1.47. The second kappa shape index (κ2) is 18.2. The molecule has 0 aromatic carbocycles. The van der Waals surface area contributed by atoms with Gasteiger partial charge in [-0.2, -0.15) is 13.2 Å². The third-order valence-electron chi connectivity index (χ3n) is 8.29. The highest BCUT2D eigenvalue weighted by Gasteiger charge is 2.36. The van der Waals surface area contributed by atoms with Gasteiger partial charge >= 0.3 is 6.18 Å². The third-order valence-corrected chi connectivity index (χ3v) is 9.29. The number of hydrogen-bond acceptors (Lipinski definition) is 6. The number of carbonyl (C=O) groups is 1. The Bertz CT molecular complexity index is 1100. The first-order chi connectivity index (χ1) is 20.6. The van der Waals surface area contributed by atoms with Crippen LogP contribution in [0.15, 0.2) is 11.4 Å². The van der Waals surface area contributed by atoms with Crippen LogP contribution >= 0.6 is 11.3 Å². The molecule has 43 heavy (non-hydrogen) atoms. The number of nitrogens with one attached hydrogen (secondary N) is 1. The number of pyridine rings is 1. The first-order valence-electron chi connectivity index (χ1n) is 16.5. The van der Waals surface area contributed by atoms with Gasteiger partial charge in [-0.3, -0.25) is 9.69 Å².